The van der Waals surface area contributed by atoms with Crippen LogP contribution in [0.5, 0.6) is 0 Å². The van der Waals surface area contributed by atoms with Crippen molar-refractivity contribution in [2.24, 2.45) is 29.6 Å². The van der Waals surface area contributed by atoms with Crippen LogP contribution < -0.4 is 9.80 Å². The predicted octanol–water partition coefficient (Wildman–Crippen LogP) is 5.11. The van der Waals surface area contributed by atoms with Crippen LogP contribution in [-0.2, 0) is 24.6 Å². The number of allylic oxidation sites excluding steroid dienone is 2. The second-order valence-electron chi connectivity index (χ2n) is 11.0. The lowest BCUT2D eigenvalue weighted by Gasteiger charge is -2.53. The van der Waals surface area contributed by atoms with Gasteiger partial charge in [-0.3, -0.25) is 19.2 Å². The van der Waals surface area contributed by atoms with Crippen molar-refractivity contribution in [2.75, 3.05) is 9.80 Å². The normalized spacial score (nSPS) is 30.8. The average molecular weight is 581 g/mol. The summed E-state index contributed by atoms with van der Waals surface area (Å²) in [4.78, 5) is 59.7. The van der Waals surface area contributed by atoms with E-state index < -0.39 is 35.0 Å². The zero-order valence-corrected chi connectivity index (χ0v) is 23.0. The van der Waals surface area contributed by atoms with Gasteiger partial charge in [0.05, 0.1) is 35.0 Å². The van der Waals surface area contributed by atoms with E-state index in [4.69, 9.17) is 0 Å². The second kappa shape index (κ2) is 8.33. The van der Waals surface area contributed by atoms with E-state index in [1.165, 1.54) is 9.80 Å². The third-order valence-electron chi connectivity index (χ3n) is 9.21. The number of carbonyl (C=O) groups is 4. The van der Waals surface area contributed by atoms with Crippen molar-refractivity contribution >= 4 is 50.9 Å². The SMILES string of the molecule is Cc1ccccc1N1C(=O)[C@H]2C3C=CC(c4ccc(Br)cc4)([C@H]2C1=O)[C@H]1C(=O)N(c2ccccc2C)C(=O)[C@@H]31. The molecule has 2 saturated heterocycles. The molecule has 194 valence electrons. The van der Waals surface area contributed by atoms with E-state index in [0.29, 0.717) is 11.4 Å². The van der Waals surface area contributed by atoms with E-state index in [1.807, 2.05) is 86.7 Å². The van der Waals surface area contributed by atoms with Crippen LogP contribution in [0.3, 0.4) is 0 Å². The van der Waals surface area contributed by atoms with Crippen LogP contribution in [0.15, 0.2) is 89.4 Å². The Balaban J connectivity index is 1.45. The Morgan fingerprint density at radius 2 is 1.10 bits per heavy atom. The summed E-state index contributed by atoms with van der Waals surface area (Å²) in [5.41, 5.74) is 2.35. The number of amides is 4. The summed E-state index contributed by atoms with van der Waals surface area (Å²) < 4.78 is 0.856. The lowest BCUT2D eigenvalue weighted by atomic mass is 9.45. The minimum Gasteiger partial charge on any atom is -0.274 e. The Labute approximate surface area is 234 Å². The molecule has 3 fully saturated rings. The first kappa shape index (κ1) is 24.2. The van der Waals surface area contributed by atoms with Gasteiger partial charge in [0.15, 0.2) is 0 Å². The van der Waals surface area contributed by atoms with Crippen LogP contribution in [-0.4, -0.2) is 23.6 Å². The molecule has 5 aliphatic rings. The number of halogens is 1. The zero-order chi connectivity index (χ0) is 27.2. The summed E-state index contributed by atoms with van der Waals surface area (Å²) in [5, 5.41) is 0. The number of benzene rings is 3. The average Bonchev–Trinajstić information content (AvgIpc) is 3.37. The highest BCUT2D eigenvalue weighted by Gasteiger charge is 2.75. The molecule has 3 aromatic rings. The number of aryl methyl sites for hydroxylation is 2. The van der Waals surface area contributed by atoms with Gasteiger partial charge in [-0.25, -0.2) is 9.80 Å². The van der Waals surface area contributed by atoms with Crippen molar-refractivity contribution in [3.8, 4) is 0 Å². The number of carbonyl (C=O) groups excluding carboxylic acids is 4. The standard InChI is InChI=1S/C32H25BrN2O4/c1-17-7-3-5-9-22(17)34-28(36)24-21-15-16-32(26(24)30(34)38,19-11-13-20(33)14-12-19)27-25(21)29(37)35(31(27)39)23-10-6-4-8-18(23)2/h3-16,21,24-27H,1-2H3/t21?,24-,25-,26+,27+,32?/m0/s1. The van der Waals surface area contributed by atoms with Crippen LogP contribution in [0.25, 0.3) is 0 Å². The lowest BCUT2D eigenvalue weighted by Crippen LogP contribution is -2.60. The quantitative estimate of drug-likeness (QED) is 0.318. The molecule has 4 amide bonds. The lowest BCUT2D eigenvalue weighted by molar-refractivity contribution is -0.140. The van der Waals surface area contributed by atoms with Gasteiger partial charge in [0.2, 0.25) is 23.6 Å². The van der Waals surface area contributed by atoms with Gasteiger partial charge in [0, 0.05) is 15.8 Å². The van der Waals surface area contributed by atoms with Gasteiger partial charge in [0.1, 0.15) is 0 Å². The smallest absolute Gasteiger partial charge is 0.238 e. The molecule has 6 nitrogen and oxygen atoms in total. The molecule has 0 unspecified atom stereocenters. The fourth-order valence-corrected chi connectivity index (χ4v) is 7.86. The summed E-state index contributed by atoms with van der Waals surface area (Å²) in [6.45, 7) is 3.74. The Hall–Kier alpha value is -3.84. The summed E-state index contributed by atoms with van der Waals surface area (Å²) in [6.07, 6.45) is 3.87. The van der Waals surface area contributed by atoms with Crippen LogP contribution in [0, 0.1) is 43.4 Å². The third-order valence-corrected chi connectivity index (χ3v) is 9.74. The van der Waals surface area contributed by atoms with E-state index in [-0.39, 0.29) is 23.6 Å². The van der Waals surface area contributed by atoms with Crippen molar-refractivity contribution in [2.45, 2.75) is 19.3 Å². The molecule has 7 heteroatoms. The number of para-hydroxylation sites is 2. The van der Waals surface area contributed by atoms with Gasteiger partial charge in [-0.15, -0.1) is 0 Å². The maximum Gasteiger partial charge on any atom is 0.238 e. The minimum atomic E-state index is -1.14. The van der Waals surface area contributed by atoms with Crippen LogP contribution in [0.1, 0.15) is 16.7 Å². The molecule has 0 aromatic heterocycles. The maximum absolute atomic E-state index is 14.4. The molecule has 2 bridgehead atoms. The van der Waals surface area contributed by atoms with Gasteiger partial charge in [0.25, 0.3) is 0 Å². The van der Waals surface area contributed by atoms with Gasteiger partial charge in [-0.05, 0) is 54.8 Å². The fraction of sp³-hybridized carbons (Fsp3) is 0.250. The topological polar surface area (TPSA) is 74.8 Å². The van der Waals surface area contributed by atoms with E-state index in [2.05, 4.69) is 15.9 Å². The Bertz CT molecular complexity index is 1540. The van der Waals surface area contributed by atoms with Gasteiger partial charge in [-0.1, -0.05) is 76.6 Å². The first-order chi connectivity index (χ1) is 18.8. The third kappa shape index (κ3) is 3.02. The van der Waals surface area contributed by atoms with Crippen LogP contribution in [0.4, 0.5) is 11.4 Å². The summed E-state index contributed by atoms with van der Waals surface area (Å²) in [5.74, 6) is -4.85. The summed E-state index contributed by atoms with van der Waals surface area (Å²) in [7, 11) is 0. The van der Waals surface area contributed by atoms with E-state index >= 15 is 0 Å². The molecule has 0 spiro atoms. The Kier molecular flexibility index (Phi) is 5.17. The van der Waals surface area contributed by atoms with Crippen LogP contribution >= 0.6 is 15.9 Å². The fourth-order valence-electron chi connectivity index (χ4n) is 7.59. The van der Waals surface area contributed by atoms with Gasteiger partial charge < -0.3 is 0 Å². The molecular formula is C32H25BrN2O4. The second-order valence-corrected chi connectivity index (χ2v) is 11.9. The molecular weight excluding hydrogens is 556 g/mol. The first-order valence-corrected chi connectivity index (χ1v) is 13.9. The molecule has 0 radical (unpaired) electrons. The molecule has 39 heavy (non-hydrogen) atoms. The van der Waals surface area contributed by atoms with Gasteiger partial charge >= 0.3 is 0 Å². The molecule has 0 N–H and O–H groups in total. The number of hydrogen-bond acceptors (Lipinski definition) is 4. The molecule has 4 atom stereocenters. The highest BCUT2D eigenvalue weighted by molar-refractivity contribution is 9.10. The van der Waals surface area contributed by atoms with E-state index in [1.54, 1.807) is 12.1 Å². The summed E-state index contributed by atoms with van der Waals surface area (Å²) >= 11 is 3.49. The molecule has 1 saturated carbocycles. The molecule has 3 aromatic carbocycles. The van der Waals surface area contributed by atoms with Crippen molar-refractivity contribution in [1.82, 2.24) is 0 Å². The van der Waals surface area contributed by atoms with Crippen molar-refractivity contribution < 1.29 is 19.2 Å². The minimum absolute atomic E-state index is 0.303. The highest BCUT2D eigenvalue weighted by Crippen LogP contribution is 2.65. The van der Waals surface area contributed by atoms with Crippen molar-refractivity contribution in [3.05, 3.63) is 106 Å². The Morgan fingerprint density at radius 3 is 1.56 bits per heavy atom. The van der Waals surface area contributed by atoms with E-state index in [9.17, 15) is 19.2 Å². The number of imide groups is 2. The molecule has 8 rings (SSSR count). The Morgan fingerprint density at radius 1 is 0.641 bits per heavy atom. The predicted molar refractivity (Wildman–Crippen MR) is 150 cm³/mol. The molecule has 2 heterocycles. The van der Waals surface area contributed by atoms with Gasteiger partial charge in [-0.2, -0.15) is 0 Å². The summed E-state index contributed by atoms with van der Waals surface area (Å²) in [6, 6.07) is 22.2. The van der Waals surface area contributed by atoms with Crippen LogP contribution in [0.2, 0.25) is 0 Å². The van der Waals surface area contributed by atoms with Crippen molar-refractivity contribution in [3.63, 3.8) is 0 Å². The largest absolute Gasteiger partial charge is 0.274 e. The van der Waals surface area contributed by atoms with Crippen molar-refractivity contribution in [1.29, 1.82) is 0 Å². The first-order valence-electron chi connectivity index (χ1n) is 13.1. The molecule has 2 aliphatic heterocycles. The van der Waals surface area contributed by atoms with E-state index in [0.717, 1.165) is 21.2 Å². The maximum atomic E-state index is 14.4. The monoisotopic (exact) mass is 580 g/mol. The number of nitrogens with zero attached hydrogens (tertiary/aromatic N) is 2. The zero-order valence-electron chi connectivity index (χ0n) is 21.4. The number of anilines is 2. The molecule has 3 aliphatic carbocycles. The highest BCUT2D eigenvalue weighted by atomic mass is 79.9. The number of rotatable bonds is 3. The number of hydrogen-bond donors (Lipinski definition) is 0.